The van der Waals surface area contributed by atoms with Gasteiger partial charge in [0.25, 0.3) is 5.91 Å². The summed E-state index contributed by atoms with van der Waals surface area (Å²) >= 11 is 3.41. The molecule has 1 aliphatic heterocycles. The summed E-state index contributed by atoms with van der Waals surface area (Å²) in [5, 5.41) is 3.15. The maximum absolute atomic E-state index is 12.7. The quantitative estimate of drug-likeness (QED) is 0.719. The lowest BCUT2D eigenvalue weighted by molar-refractivity contribution is 0.0736. The fourth-order valence-corrected chi connectivity index (χ4v) is 3.31. The zero-order chi connectivity index (χ0) is 16.9. The minimum absolute atomic E-state index is 0. The molecule has 1 unspecified atom stereocenters. The third-order valence-electron chi connectivity index (χ3n) is 4.08. The summed E-state index contributed by atoms with van der Waals surface area (Å²) in [4.78, 5) is 18.9. The van der Waals surface area contributed by atoms with Crippen LogP contribution in [0.15, 0.2) is 47.1 Å². The Hall–Kier alpha value is -1.34. The first-order valence-electron chi connectivity index (χ1n) is 8.02. The van der Waals surface area contributed by atoms with Crippen LogP contribution in [0, 0.1) is 0 Å². The molecular formula is C18H22BrCl2N3O2. The molecular weight excluding hydrogens is 441 g/mol. The highest BCUT2D eigenvalue weighted by Gasteiger charge is 2.28. The highest BCUT2D eigenvalue weighted by molar-refractivity contribution is 9.10. The van der Waals surface area contributed by atoms with E-state index < -0.39 is 0 Å². The van der Waals surface area contributed by atoms with E-state index in [1.807, 2.05) is 36.2 Å². The van der Waals surface area contributed by atoms with Gasteiger partial charge in [0.2, 0.25) is 5.88 Å². The third kappa shape index (κ3) is 5.58. The molecule has 26 heavy (non-hydrogen) atoms. The van der Waals surface area contributed by atoms with Gasteiger partial charge in [-0.25, -0.2) is 4.98 Å². The SMILES string of the molecule is CNCC1CCCN1C(=O)c1ccc(Oc2cccc(Br)c2)nc1.Cl.Cl. The number of likely N-dealkylation sites (N-methyl/N-ethyl adjacent to an activating group) is 1. The van der Waals surface area contributed by atoms with Crippen LogP contribution in [0.2, 0.25) is 0 Å². The van der Waals surface area contributed by atoms with Crippen LogP contribution in [-0.2, 0) is 0 Å². The number of hydrogen-bond acceptors (Lipinski definition) is 4. The van der Waals surface area contributed by atoms with Crippen LogP contribution < -0.4 is 10.1 Å². The third-order valence-corrected chi connectivity index (χ3v) is 4.57. The van der Waals surface area contributed by atoms with Gasteiger partial charge in [-0.15, -0.1) is 24.8 Å². The lowest BCUT2D eigenvalue weighted by Gasteiger charge is -2.24. The summed E-state index contributed by atoms with van der Waals surface area (Å²) in [7, 11) is 1.91. The Kier molecular flexibility index (Phi) is 9.36. The van der Waals surface area contributed by atoms with E-state index in [2.05, 4.69) is 26.2 Å². The normalized spacial score (nSPS) is 15.8. The van der Waals surface area contributed by atoms with Gasteiger partial charge in [-0.2, -0.15) is 0 Å². The monoisotopic (exact) mass is 461 g/mol. The molecule has 8 heteroatoms. The molecule has 1 saturated heterocycles. The predicted molar refractivity (Wildman–Crippen MR) is 111 cm³/mol. The zero-order valence-electron chi connectivity index (χ0n) is 14.4. The molecule has 1 amide bonds. The maximum atomic E-state index is 12.7. The second-order valence-electron chi connectivity index (χ2n) is 5.80. The molecule has 1 aliphatic rings. The number of rotatable bonds is 5. The Morgan fingerprint density at radius 3 is 2.81 bits per heavy atom. The Morgan fingerprint density at radius 1 is 1.35 bits per heavy atom. The zero-order valence-corrected chi connectivity index (χ0v) is 17.6. The number of carbonyl (C=O) groups is 1. The number of aromatic nitrogens is 1. The molecule has 0 aliphatic carbocycles. The Morgan fingerprint density at radius 2 is 2.15 bits per heavy atom. The van der Waals surface area contributed by atoms with Gasteiger partial charge >= 0.3 is 0 Å². The van der Waals surface area contributed by atoms with E-state index in [1.165, 1.54) is 0 Å². The van der Waals surface area contributed by atoms with Gasteiger partial charge in [-0.1, -0.05) is 22.0 Å². The van der Waals surface area contributed by atoms with Crippen molar-refractivity contribution >= 4 is 46.7 Å². The average Bonchev–Trinajstić information content (AvgIpc) is 3.04. The molecule has 0 saturated carbocycles. The number of amides is 1. The molecule has 1 fully saturated rings. The molecule has 1 aromatic heterocycles. The van der Waals surface area contributed by atoms with E-state index in [4.69, 9.17) is 4.74 Å². The Bertz CT molecular complexity index is 716. The van der Waals surface area contributed by atoms with Crippen LogP contribution in [0.1, 0.15) is 23.2 Å². The number of pyridine rings is 1. The van der Waals surface area contributed by atoms with E-state index in [0.717, 1.165) is 30.4 Å². The minimum atomic E-state index is 0. The molecule has 1 atom stereocenters. The second-order valence-corrected chi connectivity index (χ2v) is 6.71. The largest absolute Gasteiger partial charge is 0.439 e. The van der Waals surface area contributed by atoms with Crippen molar-refractivity contribution in [1.82, 2.24) is 15.2 Å². The van der Waals surface area contributed by atoms with Crippen LogP contribution in [0.4, 0.5) is 0 Å². The molecule has 2 heterocycles. The number of nitrogens with one attached hydrogen (secondary N) is 1. The highest BCUT2D eigenvalue weighted by Crippen LogP contribution is 2.24. The lowest BCUT2D eigenvalue weighted by atomic mass is 10.2. The number of likely N-dealkylation sites (tertiary alicyclic amines) is 1. The summed E-state index contributed by atoms with van der Waals surface area (Å²) in [5.41, 5.74) is 0.597. The Labute approximate surface area is 174 Å². The number of hydrogen-bond donors (Lipinski definition) is 1. The highest BCUT2D eigenvalue weighted by atomic mass is 79.9. The van der Waals surface area contributed by atoms with E-state index in [-0.39, 0.29) is 36.8 Å². The van der Waals surface area contributed by atoms with Crippen molar-refractivity contribution in [2.24, 2.45) is 0 Å². The van der Waals surface area contributed by atoms with Crippen molar-refractivity contribution in [3.8, 4) is 11.6 Å². The number of benzene rings is 1. The standard InChI is InChI=1S/C18H20BrN3O2.2ClH/c1-20-12-15-5-3-9-22(15)18(23)13-7-8-17(21-11-13)24-16-6-2-4-14(19)10-16;;/h2,4,6-8,10-11,15,20H,3,5,9,12H2,1H3;2*1H. The van der Waals surface area contributed by atoms with Crippen molar-refractivity contribution in [1.29, 1.82) is 0 Å². The Balaban J connectivity index is 0.00000169. The number of nitrogens with zero attached hydrogens (tertiary/aromatic N) is 2. The summed E-state index contributed by atoms with van der Waals surface area (Å²) in [5.74, 6) is 1.21. The first kappa shape index (κ1) is 22.7. The predicted octanol–water partition coefficient (Wildman–Crippen LogP) is 4.30. The molecule has 0 bridgehead atoms. The lowest BCUT2D eigenvalue weighted by Crippen LogP contribution is -2.40. The van der Waals surface area contributed by atoms with Gasteiger partial charge in [0.15, 0.2) is 0 Å². The van der Waals surface area contributed by atoms with E-state index >= 15 is 0 Å². The number of halogens is 3. The van der Waals surface area contributed by atoms with Crippen LogP contribution in [0.25, 0.3) is 0 Å². The molecule has 0 radical (unpaired) electrons. The summed E-state index contributed by atoms with van der Waals surface area (Å²) in [6.45, 7) is 1.63. The van der Waals surface area contributed by atoms with Crippen molar-refractivity contribution in [3.63, 3.8) is 0 Å². The van der Waals surface area contributed by atoms with Gasteiger partial charge in [0.1, 0.15) is 5.75 Å². The first-order chi connectivity index (χ1) is 11.7. The van der Waals surface area contributed by atoms with E-state index in [1.54, 1.807) is 18.3 Å². The van der Waals surface area contributed by atoms with Gasteiger partial charge in [-0.05, 0) is 44.2 Å². The molecule has 142 valence electrons. The van der Waals surface area contributed by atoms with Gasteiger partial charge in [-0.3, -0.25) is 4.79 Å². The summed E-state index contributed by atoms with van der Waals surface area (Å²) in [6, 6.07) is 11.3. The molecule has 1 N–H and O–H groups in total. The average molecular weight is 463 g/mol. The second kappa shape index (κ2) is 10.7. The van der Waals surface area contributed by atoms with Gasteiger partial charge in [0.05, 0.1) is 5.56 Å². The number of carbonyl (C=O) groups excluding carboxylic acids is 1. The molecule has 1 aromatic carbocycles. The molecule has 2 aromatic rings. The first-order valence-corrected chi connectivity index (χ1v) is 8.81. The van der Waals surface area contributed by atoms with E-state index in [9.17, 15) is 4.79 Å². The van der Waals surface area contributed by atoms with Crippen LogP contribution in [0.5, 0.6) is 11.6 Å². The summed E-state index contributed by atoms with van der Waals surface area (Å²) in [6.07, 6.45) is 3.68. The molecule has 0 spiro atoms. The van der Waals surface area contributed by atoms with Crippen LogP contribution in [0.3, 0.4) is 0 Å². The van der Waals surface area contributed by atoms with Crippen molar-refractivity contribution in [2.45, 2.75) is 18.9 Å². The fraction of sp³-hybridized carbons (Fsp3) is 0.333. The molecule has 3 rings (SSSR count). The smallest absolute Gasteiger partial charge is 0.255 e. The van der Waals surface area contributed by atoms with Gasteiger partial charge < -0.3 is 15.0 Å². The van der Waals surface area contributed by atoms with Crippen molar-refractivity contribution in [2.75, 3.05) is 20.1 Å². The number of ether oxygens (including phenoxy) is 1. The van der Waals surface area contributed by atoms with Crippen molar-refractivity contribution in [3.05, 3.63) is 52.6 Å². The topological polar surface area (TPSA) is 54.5 Å². The van der Waals surface area contributed by atoms with Crippen LogP contribution >= 0.6 is 40.7 Å². The summed E-state index contributed by atoms with van der Waals surface area (Å²) < 4.78 is 6.64. The fourth-order valence-electron chi connectivity index (χ4n) is 2.94. The maximum Gasteiger partial charge on any atom is 0.255 e. The van der Waals surface area contributed by atoms with Gasteiger partial charge in [0, 0.05) is 35.9 Å². The van der Waals surface area contributed by atoms with E-state index in [0.29, 0.717) is 17.2 Å². The minimum Gasteiger partial charge on any atom is -0.439 e. The van der Waals surface area contributed by atoms with Crippen LogP contribution in [-0.4, -0.2) is 42.0 Å². The molecule has 5 nitrogen and oxygen atoms in total. The van der Waals surface area contributed by atoms with Crippen molar-refractivity contribution < 1.29 is 9.53 Å².